The Balaban J connectivity index is 1.99. The molecule has 5 nitrogen and oxygen atoms in total. The fourth-order valence-corrected chi connectivity index (χ4v) is 3.92. The summed E-state index contributed by atoms with van der Waals surface area (Å²) in [5, 5.41) is 2.65. The Labute approximate surface area is 179 Å². The first-order valence-corrected chi connectivity index (χ1v) is 9.91. The normalized spacial score (nSPS) is 15.9. The van der Waals surface area contributed by atoms with E-state index in [2.05, 4.69) is 37.2 Å². The number of rotatable bonds is 3. The first kappa shape index (κ1) is 19.7. The van der Waals surface area contributed by atoms with Crippen LogP contribution in [0.4, 0.5) is 11.4 Å². The molecule has 1 N–H and O–H groups in total. The van der Waals surface area contributed by atoms with Gasteiger partial charge in [0.15, 0.2) is 5.11 Å². The van der Waals surface area contributed by atoms with Gasteiger partial charge in [-0.1, -0.05) is 22.0 Å². The Hall–Kier alpha value is -2.03. The highest BCUT2D eigenvalue weighted by Gasteiger charge is 2.34. The summed E-state index contributed by atoms with van der Waals surface area (Å²) in [5.74, 6) is -0.968. The van der Waals surface area contributed by atoms with Crippen molar-refractivity contribution in [1.29, 1.82) is 0 Å². The molecule has 0 atom stereocenters. The second kappa shape index (κ2) is 7.92. The van der Waals surface area contributed by atoms with Crippen LogP contribution in [0.15, 0.2) is 57.0 Å². The molecule has 2 amide bonds. The van der Waals surface area contributed by atoms with Crippen LogP contribution in [-0.4, -0.2) is 31.0 Å². The van der Waals surface area contributed by atoms with Gasteiger partial charge in [-0.3, -0.25) is 19.8 Å². The SMILES string of the molecule is CN(C)c1ccc(/C=C2\C(=O)NC(=S)N(c3ccc(Br)cc3)C2=O)cc1Br. The molecule has 1 saturated heterocycles. The van der Waals surface area contributed by atoms with Gasteiger partial charge in [0, 0.05) is 23.0 Å². The van der Waals surface area contributed by atoms with Gasteiger partial charge in [0.1, 0.15) is 5.57 Å². The van der Waals surface area contributed by atoms with Crippen molar-refractivity contribution in [2.45, 2.75) is 0 Å². The minimum atomic E-state index is -0.508. The van der Waals surface area contributed by atoms with Crippen LogP contribution in [0, 0.1) is 0 Å². The van der Waals surface area contributed by atoms with E-state index in [0.717, 1.165) is 20.2 Å². The monoisotopic (exact) mass is 507 g/mol. The zero-order valence-corrected chi connectivity index (χ0v) is 18.5. The van der Waals surface area contributed by atoms with Crippen LogP contribution < -0.4 is 15.1 Å². The van der Waals surface area contributed by atoms with Crippen LogP contribution in [0.1, 0.15) is 5.56 Å². The number of carbonyl (C=O) groups is 2. The second-order valence-corrected chi connectivity index (χ2v) is 8.20. The zero-order valence-electron chi connectivity index (χ0n) is 14.5. The predicted molar refractivity (Wildman–Crippen MR) is 119 cm³/mol. The van der Waals surface area contributed by atoms with Gasteiger partial charge in [-0.2, -0.15) is 0 Å². The molecular weight excluding hydrogens is 494 g/mol. The maximum atomic E-state index is 13.0. The lowest BCUT2D eigenvalue weighted by atomic mass is 10.1. The Morgan fingerprint density at radius 2 is 1.74 bits per heavy atom. The minimum absolute atomic E-state index is 0.0241. The van der Waals surface area contributed by atoms with Crippen molar-refractivity contribution >= 4 is 78.5 Å². The number of nitrogens with one attached hydrogen (secondary N) is 1. The smallest absolute Gasteiger partial charge is 0.270 e. The van der Waals surface area contributed by atoms with E-state index in [1.54, 1.807) is 18.2 Å². The van der Waals surface area contributed by atoms with Crippen molar-refractivity contribution in [3.63, 3.8) is 0 Å². The maximum Gasteiger partial charge on any atom is 0.270 e. The molecule has 1 heterocycles. The first-order valence-electron chi connectivity index (χ1n) is 7.92. The number of amides is 2. The summed E-state index contributed by atoms with van der Waals surface area (Å²) in [6.07, 6.45) is 1.56. The minimum Gasteiger partial charge on any atom is -0.377 e. The molecule has 0 aromatic heterocycles. The van der Waals surface area contributed by atoms with E-state index in [1.165, 1.54) is 4.90 Å². The van der Waals surface area contributed by atoms with Gasteiger partial charge in [-0.05, 0) is 76.2 Å². The Morgan fingerprint density at radius 1 is 1.07 bits per heavy atom. The number of hydrogen-bond acceptors (Lipinski definition) is 4. The second-order valence-electron chi connectivity index (χ2n) is 6.04. The number of nitrogens with zero attached hydrogens (tertiary/aromatic N) is 2. The largest absolute Gasteiger partial charge is 0.377 e. The first-order chi connectivity index (χ1) is 12.8. The third-order valence-electron chi connectivity index (χ3n) is 3.95. The van der Waals surface area contributed by atoms with Crippen molar-refractivity contribution in [2.75, 3.05) is 23.9 Å². The zero-order chi connectivity index (χ0) is 19.7. The lowest BCUT2D eigenvalue weighted by molar-refractivity contribution is -0.122. The van der Waals surface area contributed by atoms with Crippen LogP contribution in [0.2, 0.25) is 0 Å². The van der Waals surface area contributed by atoms with E-state index in [0.29, 0.717) is 5.69 Å². The molecule has 0 aliphatic carbocycles. The molecule has 0 spiro atoms. The van der Waals surface area contributed by atoms with Gasteiger partial charge in [0.2, 0.25) is 0 Å². The predicted octanol–water partition coefficient (Wildman–Crippen LogP) is 4.11. The molecule has 27 heavy (non-hydrogen) atoms. The fourth-order valence-electron chi connectivity index (χ4n) is 2.62. The number of anilines is 2. The van der Waals surface area contributed by atoms with E-state index in [9.17, 15) is 9.59 Å². The van der Waals surface area contributed by atoms with Crippen molar-refractivity contribution in [3.8, 4) is 0 Å². The van der Waals surface area contributed by atoms with Crippen LogP contribution in [0.25, 0.3) is 6.08 Å². The maximum absolute atomic E-state index is 13.0. The Bertz CT molecular complexity index is 971. The van der Waals surface area contributed by atoms with E-state index in [-0.39, 0.29) is 10.7 Å². The van der Waals surface area contributed by atoms with E-state index in [4.69, 9.17) is 12.2 Å². The van der Waals surface area contributed by atoms with Crippen molar-refractivity contribution in [1.82, 2.24) is 5.32 Å². The molecule has 1 fully saturated rings. The number of hydrogen-bond donors (Lipinski definition) is 1. The fraction of sp³-hybridized carbons (Fsp3) is 0.105. The molecule has 2 aromatic carbocycles. The lowest BCUT2D eigenvalue weighted by Gasteiger charge is -2.29. The molecule has 1 aliphatic rings. The summed E-state index contributed by atoms with van der Waals surface area (Å²) in [6, 6.07) is 12.8. The summed E-state index contributed by atoms with van der Waals surface area (Å²) < 4.78 is 1.75. The van der Waals surface area contributed by atoms with Gasteiger partial charge < -0.3 is 4.90 Å². The molecule has 0 radical (unpaired) electrons. The molecule has 3 rings (SSSR count). The van der Waals surface area contributed by atoms with Crippen molar-refractivity contribution in [2.24, 2.45) is 0 Å². The molecule has 138 valence electrons. The van der Waals surface area contributed by atoms with Gasteiger partial charge in [0.05, 0.1) is 11.4 Å². The highest BCUT2D eigenvalue weighted by Crippen LogP contribution is 2.28. The van der Waals surface area contributed by atoms with Crippen LogP contribution in [0.3, 0.4) is 0 Å². The molecule has 2 aromatic rings. The quantitative estimate of drug-likeness (QED) is 0.385. The average Bonchev–Trinajstić information content (AvgIpc) is 2.60. The lowest BCUT2D eigenvalue weighted by Crippen LogP contribution is -2.54. The highest BCUT2D eigenvalue weighted by molar-refractivity contribution is 9.10. The summed E-state index contributed by atoms with van der Waals surface area (Å²) in [7, 11) is 3.88. The summed E-state index contributed by atoms with van der Waals surface area (Å²) in [4.78, 5) is 28.6. The number of thiocarbonyl (C=S) groups is 1. The van der Waals surface area contributed by atoms with Gasteiger partial charge >= 0.3 is 0 Å². The number of benzene rings is 2. The average molecular weight is 509 g/mol. The van der Waals surface area contributed by atoms with Crippen molar-refractivity contribution < 1.29 is 9.59 Å². The third-order valence-corrected chi connectivity index (χ3v) is 5.40. The number of carbonyl (C=O) groups excluding carboxylic acids is 2. The third kappa shape index (κ3) is 4.12. The summed E-state index contributed by atoms with van der Waals surface area (Å²) >= 11 is 12.1. The summed E-state index contributed by atoms with van der Waals surface area (Å²) in [6.45, 7) is 0. The van der Waals surface area contributed by atoms with Crippen LogP contribution in [0.5, 0.6) is 0 Å². The molecule has 0 unspecified atom stereocenters. The molecule has 0 saturated carbocycles. The molecule has 8 heteroatoms. The van der Waals surface area contributed by atoms with Gasteiger partial charge in [0.25, 0.3) is 11.8 Å². The van der Waals surface area contributed by atoms with Crippen LogP contribution in [-0.2, 0) is 9.59 Å². The molecular formula is C19H15Br2N3O2S. The molecule has 0 bridgehead atoms. The van der Waals surface area contributed by atoms with Gasteiger partial charge in [-0.15, -0.1) is 0 Å². The van der Waals surface area contributed by atoms with E-state index < -0.39 is 11.8 Å². The Morgan fingerprint density at radius 3 is 2.33 bits per heavy atom. The van der Waals surface area contributed by atoms with E-state index in [1.807, 2.05) is 49.3 Å². The number of halogens is 2. The topological polar surface area (TPSA) is 52.7 Å². The summed E-state index contributed by atoms with van der Waals surface area (Å²) in [5.41, 5.74) is 2.34. The Kier molecular flexibility index (Phi) is 5.78. The highest BCUT2D eigenvalue weighted by atomic mass is 79.9. The van der Waals surface area contributed by atoms with E-state index >= 15 is 0 Å². The molecule has 1 aliphatic heterocycles. The van der Waals surface area contributed by atoms with Gasteiger partial charge in [-0.25, -0.2) is 0 Å². The van der Waals surface area contributed by atoms with Crippen molar-refractivity contribution in [3.05, 3.63) is 62.5 Å². The van der Waals surface area contributed by atoms with Crippen LogP contribution >= 0.6 is 44.1 Å². The standard InChI is InChI=1S/C19H15Br2N3O2S/c1-23(2)16-8-3-11(10-15(16)21)9-14-17(25)22-19(27)24(18(14)26)13-6-4-12(20)5-7-13/h3-10H,1-2H3,(H,22,25,27)/b14-9+.